The van der Waals surface area contributed by atoms with Crippen LogP contribution in [0.25, 0.3) is 0 Å². The Hall–Kier alpha value is -2.04. The van der Waals surface area contributed by atoms with E-state index in [1.807, 2.05) is 0 Å². The Labute approximate surface area is 163 Å². The first-order valence-electron chi connectivity index (χ1n) is 10.2. The van der Waals surface area contributed by atoms with Crippen LogP contribution in [0.3, 0.4) is 0 Å². The van der Waals surface area contributed by atoms with E-state index in [-0.39, 0.29) is 0 Å². The van der Waals surface area contributed by atoms with Crippen LogP contribution in [0.5, 0.6) is 5.75 Å². The highest BCUT2D eigenvalue weighted by atomic mass is 16.5. The highest BCUT2D eigenvalue weighted by Gasteiger charge is 2.19. The quantitative estimate of drug-likeness (QED) is 0.811. The van der Waals surface area contributed by atoms with E-state index in [0.717, 1.165) is 38.2 Å². The molecule has 2 aliphatic heterocycles. The van der Waals surface area contributed by atoms with Crippen LogP contribution in [-0.4, -0.2) is 69.3 Å². The van der Waals surface area contributed by atoms with E-state index < -0.39 is 0 Å². The van der Waals surface area contributed by atoms with Crippen molar-refractivity contribution in [3.05, 3.63) is 59.7 Å². The van der Waals surface area contributed by atoms with Gasteiger partial charge < -0.3 is 14.5 Å². The van der Waals surface area contributed by atoms with Crippen molar-refractivity contribution in [1.82, 2.24) is 9.80 Å². The highest BCUT2D eigenvalue weighted by molar-refractivity contribution is 5.46. The molecular formula is C23H31N3O. The van der Waals surface area contributed by atoms with Gasteiger partial charge in [0.1, 0.15) is 5.75 Å². The van der Waals surface area contributed by atoms with Crippen molar-refractivity contribution in [2.45, 2.75) is 12.8 Å². The van der Waals surface area contributed by atoms with E-state index in [1.165, 1.54) is 49.5 Å². The van der Waals surface area contributed by atoms with Gasteiger partial charge in [0.05, 0.1) is 7.11 Å². The molecule has 0 aliphatic carbocycles. The average molecular weight is 366 g/mol. The largest absolute Gasteiger partial charge is 0.497 e. The Balaban J connectivity index is 1.23. The molecule has 0 unspecified atom stereocenters. The number of methoxy groups -OCH3 is 1. The van der Waals surface area contributed by atoms with Crippen LogP contribution in [0.4, 0.5) is 5.69 Å². The number of ether oxygens (including phenoxy) is 1. The smallest absolute Gasteiger partial charge is 0.119 e. The topological polar surface area (TPSA) is 19.0 Å². The monoisotopic (exact) mass is 365 g/mol. The van der Waals surface area contributed by atoms with Gasteiger partial charge in [-0.3, -0.25) is 4.90 Å². The Morgan fingerprint density at radius 1 is 0.741 bits per heavy atom. The van der Waals surface area contributed by atoms with Gasteiger partial charge in [-0.2, -0.15) is 0 Å². The molecule has 4 nitrogen and oxygen atoms in total. The summed E-state index contributed by atoms with van der Waals surface area (Å²) >= 11 is 0. The third-order valence-electron chi connectivity index (χ3n) is 6.03. The number of piperazine rings is 1. The minimum atomic E-state index is 0.985. The lowest BCUT2D eigenvalue weighted by molar-refractivity contribution is 0.200. The lowest BCUT2D eigenvalue weighted by atomic mass is 10.0. The van der Waals surface area contributed by atoms with Crippen molar-refractivity contribution in [2.24, 2.45) is 0 Å². The van der Waals surface area contributed by atoms with Crippen LogP contribution < -0.4 is 9.64 Å². The van der Waals surface area contributed by atoms with Gasteiger partial charge in [-0.15, -0.1) is 0 Å². The van der Waals surface area contributed by atoms with Crippen molar-refractivity contribution in [3.8, 4) is 5.75 Å². The van der Waals surface area contributed by atoms with Crippen LogP contribution in [0.1, 0.15) is 11.1 Å². The lowest BCUT2D eigenvalue weighted by Crippen LogP contribution is -2.48. The summed E-state index contributed by atoms with van der Waals surface area (Å²) in [6.07, 6.45) is 2.29. The Morgan fingerprint density at radius 2 is 1.41 bits per heavy atom. The van der Waals surface area contributed by atoms with Crippen LogP contribution in [0.15, 0.2) is 48.5 Å². The molecular weight excluding hydrogens is 334 g/mol. The SMILES string of the molecule is COc1ccc2c(c1)CCN(CCN1CCN(c3ccccc3)CC1)CC2. The van der Waals surface area contributed by atoms with Crippen molar-refractivity contribution >= 4 is 5.69 Å². The van der Waals surface area contributed by atoms with Crippen molar-refractivity contribution < 1.29 is 4.74 Å². The molecule has 2 aromatic carbocycles. The van der Waals surface area contributed by atoms with Crippen LogP contribution >= 0.6 is 0 Å². The summed E-state index contributed by atoms with van der Waals surface area (Å²) < 4.78 is 5.39. The molecule has 2 aliphatic rings. The highest BCUT2D eigenvalue weighted by Crippen LogP contribution is 2.22. The van der Waals surface area contributed by atoms with Gasteiger partial charge in [0.15, 0.2) is 0 Å². The summed E-state index contributed by atoms with van der Waals surface area (Å²) in [6.45, 7) is 9.29. The first-order valence-corrected chi connectivity index (χ1v) is 10.2. The van der Waals surface area contributed by atoms with Gasteiger partial charge in [0.25, 0.3) is 0 Å². The molecule has 0 bridgehead atoms. The molecule has 2 heterocycles. The fraction of sp³-hybridized carbons (Fsp3) is 0.478. The summed E-state index contributed by atoms with van der Waals surface area (Å²) in [6, 6.07) is 17.4. The summed E-state index contributed by atoms with van der Waals surface area (Å²) in [4.78, 5) is 7.77. The van der Waals surface area contributed by atoms with Crippen molar-refractivity contribution in [2.75, 3.05) is 64.4 Å². The molecule has 0 spiro atoms. The molecule has 27 heavy (non-hydrogen) atoms. The van der Waals surface area contributed by atoms with E-state index in [1.54, 1.807) is 7.11 Å². The molecule has 0 radical (unpaired) electrons. The molecule has 4 heteroatoms. The van der Waals surface area contributed by atoms with E-state index in [9.17, 15) is 0 Å². The fourth-order valence-electron chi connectivity index (χ4n) is 4.25. The summed E-state index contributed by atoms with van der Waals surface area (Å²) in [5.41, 5.74) is 4.32. The molecule has 0 aromatic heterocycles. The Kier molecular flexibility index (Phi) is 5.95. The molecule has 1 saturated heterocycles. The van der Waals surface area contributed by atoms with E-state index >= 15 is 0 Å². The Morgan fingerprint density at radius 3 is 2.11 bits per heavy atom. The van der Waals surface area contributed by atoms with Gasteiger partial charge in [0, 0.05) is 58.0 Å². The molecule has 1 fully saturated rings. The zero-order valence-corrected chi connectivity index (χ0v) is 16.4. The van der Waals surface area contributed by atoms with Gasteiger partial charge in [0.2, 0.25) is 0 Å². The average Bonchev–Trinajstić information content (AvgIpc) is 2.95. The van der Waals surface area contributed by atoms with E-state index in [0.29, 0.717) is 0 Å². The zero-order valence-electron chi connectivity index (χ0n) is 16.4. The normalized spacial score (nSPS) is 18.8. The standard InChI is InChI=1S/C23H31N3O/c1-27-23-8-7-20-9-11-24(12-10-21(20)19-23)13-14-25-15-17-26(18-16-25)22-5-3-2-4-6-22/h2-8,19H,9-18H2,1H3. The maximum absolute atomic E-state index is 5.39. The lowest BCUT2D eigenvalue weighted by Gasteiger charge is -2.37. The minimum absolute atomic E-state index is 0.985. The van der Waals surface area contributed by atoms with Crippen LogP contribution in [0, 0.1) is 0 Å². The van der Waals surface area contributed by atoms with Crippen LogP contribution in [0.2, 0.25) is 0 Å². The van der Waals surface area contributed by atoms with Gasteiger partial charge >= 0.3 is 0 Å². The fourth-order valence-corrected chi connectivity index (χ4v) is 4.25. The van der Waals surface area contributed by atoms with Crippen molar-refractivity contribution in [3.63, 3.8) is 0 Å². The van der Waals surface area contributed by atoms with Gasteiger partial charge in [-0.1, -0.05) is 24.3 Å². The zero-order chi connectivity index (χ0) is 18.5. The molecule has 0 N–H and O–H groups in total. The number of fused-ring (bicyclic) bond motifs is 1. The van der Waals surface area contributed by atoms with Crippen molar-refractivity contribution in [1.29, 1.82) is 0 Å². The third-order valence-corrected chi connectivity index (χ3v) is 6.03. The molecule has 0 amide bonds. The first-order chi connectivity index (χ1) is 13.3. The minimum Gasteiger partial charge on any atom is -0.497 e. The van der Waals surface area contributed by atoms with E-state index in [4.69, 9.17) is 4.74 Å². The first kappa shape index (κ1) is 18.3. The molecule has 0 saturated carbocycles. The second-order valence-electron chi connectivity index (χ2n) is 7.64. The number of nitrogens with zero attached hydrogens (tertiary/aromatic N) is 3. The van der Waals surface area contributed by atoms with Gasteiger partial charge in [-0.05, 0) is 48.2 Å². The number of para-hydroxylation sites is 1. The van der Waals surface area contributed by atoms with Gasteiger partial charge in [-0.25, -0.2) is 0 Å². The number of benzene rings is 2. The third kappa shape index (κ3) is 4.63. The van der Waals surface area contributed by atoms with E-state index in [2.05, 4.69) is 63.2 Å². The Bertz CT molecular complexity index is 726. The second-order valence-corrected chi connectivity index (χ2v) is 7.64. The number of anilines is 1. The predicted octanol–water partition coefficient (Wildman–Crippen LogP) is 2.92. The molecule has 2 aromatic rings. The molecule has 4 rings (SSSR count). The molecule has 144 valence electrons. The molecule has 0 atom stereocenters. The maximum atomic E-state index is 5.39. The summed E-state index contributed by atoms with van der Waals surface area (Å²) in [5, 5.41) is 0. The predicted molar refractivity (Wildman–Crippen MR) is 112 cm³/mol. The van der Waals surface area contributed by atoms with Crippen LogP contribution in [-0.2, 0) is 12.8 Å². The number of hydrogen-bond donors (Lipinski definition) is 0. The second kappa shape index (κ2) is 8.77. The number of rotatable bonds is 5. The summed E-state index contributed by atoms with van der Waals surface area (Å²) in [7, 11) is 1.75. The number of hydrogen-bond acceptors (Lipinski definition) is 4. The summed E-state index contributed by atoms with van der Waals surface area (Å²) in [5.74, 6) is 0.985. The maximum Gasteiger partial charge on any atom is 0.119 e.